The van der Waals surface area contributed by atoms with Crippen LogP contribution in [0.5, 0.6) is 0 Å². The van der Waals surface area contributed by atoms with Gasteiger partial charge in [-0.3, -0.25) is 4.68 Å². The van der Waals surface area contributed by atoms with E-state index in [1.165, 1.54) is 5.56 Å². The molecular weight excluding hydrogens is 312 g/mol. The van der Waals surface area contributed by atoms with Crippen LogP contribution in [0.2, 0.25) is 5.02 Å². The van der Waals surface area contributed by atoms with Crippen molar-refractivity contribution in [1.82, 2.24) is 29.4 Å². The summed E-state index contributed by atoms with van der Waals surface area (Å²) in [6.45, 7) is 0. The van der Waals surface area contributed by atoms with Gasteiger partial charge in [-0.1, -0.05) is 23.7 Å². The van der Waals surface area contributed by atoms with Gasteiger partial charge in [0.15, 0.2) is 17.1 Å². The van der Waals surface area contributed by atoms with Crippen LogP contribution in [0.3, 0.4) is 0 Å². The van der Waals surface area contributed by atoms with E-state index in [2.05, 4.69) is 27.3 Å². The molecular formula is C16H13ClN6. The molecule has 0 saturated heterocycles. The van der Waals surface area contributed by atoms with Gasteiger partial charge in [0.1, 0.15) is 6.33 Å². The monoisotopic (exact) mass is 324 g/mol. The topological polar surface area (TPSA) is 60.9 Å². The van der Waals surface area contributed by atoms with Gasteiger partial charge in [0.2, 0.25) is 0 Å². The van der Waals surface area contributed by atoms with Crippen molar-refractivity contribution in [1.29, 1.82) is 0 Å². The highest BCUT2D eigenvalue weighted by atomic mass is 35.5. The van der Waals surface area contributed by atoms with Gasteiger partial charge in [0.25, 0.3) is 0 Å². The van der Waals surface area contributed by atoms with Gasteiger partial charge in [-0.15, -0.1) is 5.10 Å². The minimum atomic E-state index is 0.364. The molecule has 5 rings (SSSR count). The number of rotatable bonds is 2. The van der Waals surface area contributed by atoms with Gasteiger partial charge in [-0.2, -0.15) is 5.10 Å². The summed E-state index contributed by atoms with van der Waals surface area (Å²) in [5.41, 5.74) is 2.93. The van der Waals surface area contributed by atoms with Gasteiger partial charge in [-0.25, -0.2) is 14.5 Å². The summed E-state index contributed by atoms with van der Waals surface area (Å²) < 4.78 is 3.49. The van der Waals surface area contributed by atoms with E-state index >= 15 is 0 Å². The maximum absolute atomic E-state index is 5.96. The van der Waals surface area contributed by atoms with Crippen LogP contribution in [0.1, 0.15) is 29.6 Å². The first kappa shape index (κ1) is 13.0. The Bertz CT molecular complexity index is 1030. The second kappa shape index (κ2) is 4.52. The van der Waals surface area contributed by atoms with Crippen molar-refractivity contribution in [3.63, 3.8) is 0 Å². The molecule has 0 unspecified atom stereocenters. The fourth-order valence-corrected chi connectivity index (χ4v) is 3.30. The predicted octanol–water partition coefficient (Wildman–Crippen LogP) is 2.94. The third-order valence-electron chi connectivity index (χ3n) is 4.51. The van der Waals surface area contributed by atoms with E-state index < -0.39 is 0 Å². The van der Waals surface area contributed by atoms with Gasteiger partial charge in [-0.05, 0) is 30.0 Å². The van der Waals surface area contributed by atoms with Gasteiger partial charge in [0, 0.05) is 18.0 Å². The minimum absolute atomic E-state index is 0.364. The highest BCUT2D eigenvalue weighted by molar-refractivity contribution is 6.30. The van der Waals surface area contributed by atoms with Crippen LogP contribution in [0.4, 0.5) is 0 Å². The molecule has 0 bridgehead atoms. The molecule has 23 heavy (non-hydrogen) atoms. The standard InChI is InChI=1S/C16H13ClN6/c1-22-15-13(7-19-22)16-20-14(21-23(16)8-18-15)12-6-11(12)9-2-4-10(17)5-3-9/h2-5,7-8,11-12H,6H2,1H3/t11-,12-/m0/s1. The Kier molecular flexibility index (Phi) is 2.56. The summed E-state index contributed by atoms with van der Waals surface area (Å²) in [4.78, 5) is 9.14. The lowest BCUT2D eigenvalue weighted by molar-refractivity contribution is 0.781. The van der Waals surface area contributed by atoms with Crippen LogP contribution in [0.15, 0.2) is 36.8 Å². The van der Waals surface area contributed by atoms with E-state index in [1.54, 1.807) is 21.7 Å². The number of aryl methyl sites for hydroxylation is 1. The molecule has 6 nitrogen and oxygen atoms in total. The van der Waals surface area contributed by atoms with Gasteiger partial charge < -0.3 is 0 Å². The molecule has 3 aromatic heterocycles. The van der Waals surface area contributed by atoms with E-state index in [0.29, 0.717) is 11.8 Å². The Morgan fingerprint density at radius 1 is 1.13 bits per heavy atom. The number of hydrogen-bond acceptors (Lipinski definition) is 4. The highest BCUT2D eigenvalue weighted by Gasteiger charge is 2.42. The van der Waals surface area contributed by atoms with E-state index in [0.717, 1.165) is 33.9 Å². The Morgan fingerprint density at radius 3 is 2.78 bits per heavy atom. The lowest BCUT2D eigenvalue weighted by Gasteiger charge is -1.98. The molecule has 0 amide bonds. The number of hydrogen-bond donors (Lipinski definition) is 0. The number of benzene rings is 1. The van der Waals surface area contributed by atoms with Crippen molar-refractivity contribution in [2.45, 2.75) is 18.3 Å². The van der Waals surface area contributed by atoms with Crippen molar-refractivity contribution >= 4 is 28.3 Å². The lowest BCUT2D eigenvalue weighted by Crippen LogP contribution is -1.95. The van der Waals surface area contributed by atoms with E-state index in [9.17, 15) is 0 Å². The average molecular weight is 325 g/mol. The quantitative estimate of drug-likeness (QED) is 0.569. The van der Waals surface area contributed by atoms with Crippen LogP contribution in [-0.2, 0) is 7.05 Å². The second-order valence-corrected chi connectivity index (χ2v) is 6.42. The molecule has 4 aromatic rings. The molecule has 7 heteroatoms. The first-order valence-corrected chi connectivity index (χ1v) is 7.87. The third kappa shape index (κ3) is 1.95. The number of nitrogens with zero attached hydrogens (tertiary/aromatic N) is 6. The fraction of sp³-hybridized carbons (Fsp3) is 0.250. The van der Waals surface area contributed by atoms with Crippen molar-refractivity contribution < 1.29 is 0 Å². The average Bonchev–Trinajstić information content (AvgIpc) is 3.08. The van der Waals surface area contributed by atoms with Crippen LogP contribution >= 0.6 is 11.6 Å². The Labute approximate surface area is 136 Å². The fourth-order valence-electron chi connectivity index (χ4n) is 3.17. The van der Waals surface area contributed by atoms with Crippen molar-refractivity contribution in [2.24, 2.45) is 7.05 Å². The first-order chi connectivity index (χ1) is 11.2. The van der Waals surface area contributed by atoms with Crippen molar-refractivity contribution in [3.8, 4) is 0 Å². The molecule has 0 spiro atoms. The van der Waals surface area contributed by atoms with E-state index in [4.69, 9.17) is 16.6 Å². The zero-order valence-electron chi connectivity index (χ0n) is 12.4. The SMILES string of the molecule is Cn1ncc2c1ncn1nc([C@H]3C[C@H]3c3ccc(Cl)cc3)nc21. The summed E-state index contributed by atoms with van der Waals surface area (Å²) in [7, 11) is 1.88. The Hall–Kier alpha value is -2.47. The molecule has 2 atom stereocenters. The third-order valence-corrected chi connectivity index (χ3v) is 4.76. The molecule has 1 aliphatic carbocycles. The first-order valence-electron chi connectivity index (χ1n) is 7.49. The maximum Gasteiger partial charge on any atom is 0.170 e. The molecule has 1 aromatic carbocycles. The zero-order chi connectivity index (χ0) is 15.6. The number of halogens is 1. The van der Waals surface area contributed by atoms with E-state index in [-0.39, 0.29) is 0 Å². The van der Waals surface area contributed by atoms with Gasteiger partial charge >= 0.3 is 0 Å². The van der Waals surface area contributed by atoms with E-state index in [1.807, 2.05) is 19.2 Å². The van der Waals surface area contributed by atoms with Crippen molar-refractivity contribution in [2.75, 3.05) is 0 Å². The lowest BCUT2D eigenvalue weighted by atomic mass is 10.1. The molecule has 1 aliphatic rings. The molecule has 1 saturated carbocycles. The Balaban J connectivity index is 1.54. The van der Waals surface area contributed by atoms with Crippen LogP contribution < -0.4 is 0 Å². The molecule has 0 N–H and O–H groups in total. The van der Waals surface area contributed by atoms with Crippen molar-refractivity contribution in [3.05, 3.63) is 53.2 Å². The largest absolute Gasteiger partial charge is 0.250 e. The number of fused-ring (bicyclic) bond motifs is 3. The smallest absolute Gasteiger partial charge is 0.170 e. The summed E-state index contributed by atoms with van der Waals surface area (Å²) in [6, 6.07) is 8.05. The molecule has 1 fully saturated rings. The van der Waals surface area contributed by atoms with Crippen LogP contribution in [0, 0.1) is 0 Å². The summed E-state index contributed by atoms with van der Waals surface area (Å²) in [5, 5.41) is 10.5. The van der Waals surface area contributed by atoms with Crippen LogP contribution in [0.25, 0.3) is 16.7 Å². The Morgan fingerprint density at radius 2 is 1.96 bits per heavy atom. The minimum Gasteiger partial charge on any atom is -0.250 e. The summed E-state index contributed by atoms with van der Waals surface area (Å²) >= 11 is 5.96. The summed E-state index contributed by atoms with van der Waals surface area (Å²) in [5.74, 6) is 1.72. The molecule has 0 radical (unpaired) electrons. The molecule has 0 aliphatic heterocycles. The molecule has 3 heterocycles. The van der Waals surface area contributed by atoms with Gasteiger partial charge in [0.05, 0.1) is 11.6 Å². The second-order valence-electron chi connectivity index (χ2n) is 5.99. The maximum atomic E-state index is 5.96. The highest BCUT2D eigenvalue weighted by Crippen LogP contribution is 2.53. The number of aromatic nitrogens is 6. The zero-order valence-corrected chi connectivity index (χ0v) is 13.1. The summed E-state index contributed by atoms with van der Waals surface area (Å²) in [6.07, 6.45) is 4.57. The predicted molar refractivity (Wildman–Crippen MR) is 86.6 cm³/mol. The normalized spacial score (nSPS) is 20.4. The van der Waals surface area contributed by atoms with Crippen LogP contribution in [-0.4, -0.2) is 29.4 Å². The molecule has 114 valence electrons.